The summed E-state index contributed by atoms with van der Waals surface area (Å²) in [4.78, 5) is 23.7. The molecule has 7 nitrogen and oxygen atoms in total. The fraction of sp³-hybridized carbons (Fsp3) is 0.524. The van der Waals surface area contributed by atoms with Crippen molar-refractivity contribution >= 4 is 20.0 Å². The van der Waals surface area contributed by atoms with Gasteiger partial charge in [0.1, 0.15) is 17.8 Å². The van der Waals surface area contributed by atoms with Crippen LogP contribution in [0.2, 0.25) is 18.1 Å². The van der Waals surface area contributed by atoms with Crippen molar-refractivity contribution in [3.63, 3.8) is 0 Å². The van der Waals surface area contributed by atoms with Gasteiger partial charge in [-0.25, -0.2) is 4.68 Å². The molecule has 1 saturated heterocycles. The van der Waals surface area contributed by atoms with Crippen molar-refractivity contribution in [3.05, 3.63) is 36.0 Å². The largest absolute Gasteiger partial charge is 0.413 e. The van der Waals surface area contributed by atoms with E-state index in [2.05, 4.69) is 49.5 Å². The number of amides is 1. The standard InChI is InChI=1S/C21H30N4O3Si/c1-13(26)15-8-10-16(11-9-15)17-12-25(24-23-17)19-18(20(27)22-19)14(2)28-29(6,7)21(3,4)5/h8-12,14,18-19H,1-7H3,(H,22,27)/t14-,18-,19-/m1/s1. The summed E-state index contributed by atoms with van der Waals surface area (Å²) in [6.45, 7) is 14.4. The predicted molar refractivity (Wildman–Crippen MR) is 114 cm³/mol. The van der Waals surface area contributed by atoms with Crippen molar-refractivity contribution in [3.8, 4) is 11.3 Å². The zero-order valence-corrected chi connectivity index (χ0v) is 19.2. The van der Waals surface area contributed by atoms with Crippen LogP contribution in [0.25, 0.3) is 11.3 Å². The second-order valence-electron chi connectivity index (χ2n) is 9.28. The first kappa shape index (κ1) is 21.4. The fourth-order valence-corrected chi connectivity index (χ4v) is 4.64. The molecule has 2 heterocycles. The zero-order chi connectivity index (χ0) is 21.6. The highest BCUT2D eigenvalue weighted by Gasteiger charge is 2.48. The number of hydrogen-bond donors (Lipinski definition) is 1. The summed E-state index contributed by atoms with van der Waals surface area (Å²) in [5.74, 6) is -0.307. The number of carbonyl (C=O) groups excluding carboxylic acids is 2. The molecular formula is C21H30N4O3Si. The Morgan fingerprint density at radius 2 is 1.86 bits per heavy atom. The van der Waals surface area contributed by atoms with Gasteiger partial charge in [-0.2, -0.15) is 0 Å². The van der Waals surface area contributed by atoms with E-state index in [1.807, 2.05) is 25.3 Å². The van der Waals surface area contributed by atoms with E-state index in [4.69, 9.17) is 4.43 Å². The van der Waals surface area contributed by atoms with Gasteiger partial charge in [-0.05, 0) is 32.0 Å². The van der Waals surface area contributed by atoms with Gasteiger partial charge in [0.05, 0.1) is 12.3 Å². The Morgan fingerprint density at radius 3 is 2.38 bits per heavy atom. The molecule has 0 radical (unpaired) electrons. The van der Waals surface area contributed by atoms with Gasteiger partial charge in [0.15, 0.2) is 14.1 Å². The van der Waals surface area contributed by atoms with E-state index in [0.29, 0.717) is 11.3 Å². The summed E-state index contributed by atoms with van der Waals surface area (Å²) >= 11 is 0. The van der Waals surface area contributed by atoms with Crippen LogP contribution in [-0.2, 0) is 9.22 Å². The van der Waals surface area contributed by atoms with E-state index in [-0.39, 0.29) is 34.9 Å². The van der Waals surface area contributed by atoms with Crippen LogP contribution in [0.15, 0.2) is 30.5 Å². The molecule has 29 heavy (non-hydrogen) atoms. The molecule has 3 atom stereocenters. The highest BCUT2D eigenvalue weighted by atomic mass is 28.4. The van der Waals surface area contributed by atoms with Crippen molar-refractivity contribution in [2.24, 2.45) is 5.92 Å². The summed E-state index contributed by atoms with van der Waals surface area (Å²) in [6.07, 6.45) is 1.33. The van der Waals surface area contributed by atoms with Gasteiger partial charge in [-0.15, -0.1) is 5.10 Å². The van der Waals surface area contributed by atoms with Gasteiger partial charge >= 0.3 is 0 Å². The van der Waals surface area contributed by atoms with E-state index >= 15 is 0 Å². The Morgan fingerprint density at radius 1 is 1.24 bits per heavy atom. The Bertz CT molecular complexity index is 915. The topological polar surface area (TPSA) is 86.1 Å². The van der Waals surface area contributed by atoms with E-state index in [0.717, 1.165) is 5.56 Å². The van der Waals surface area contributed by atoms with Crippen LogP contribution < -0.4 is 5.32 Å². The van der Waals surface area contributed by atoms with Gasteiger partial charge in [0, 0.05) is 11.1 Å². The van der Waals surface area contributed by atoms with E-state index in [1.165, 1.54) is 6.92 Å². The summed E-state index contributed by atoms with van der Waals surface area (Å²) in [6, 6.07) is 7.26. The summed E-state index contributed by atoms with van der Waals surface area (Å²) < 4.78 is 8.13. The number of β-lactam (4-membered cyclic amide) rings is 1. The summed E-state index contributed by atoms with van der Waals surface area (Å²) in [7, 11) is -1.99. The Labute approximate surface area is 173 Å². The molecule has 0 bridgehead atoms. The second-order valence-corrected chi connectivity index (χ2v) is 14.0. The van der Waals surface area contributed by atoms with Gasteiger partial charge in [0.25, 0.3) is 0 Å². The number of Topliss-reactive ketones (excluding diaryl/α,β-unsaturated/α-hetero) is 1. The average molecular weight is 415 g/mol. The number of ketones is 1. The number of carbonyl (C=O) groups is 2. The van der Waals surface area contributed by atoms with Crippen LogP contribution in [0, 0.1) is 5.92 Å². The third-order valence-electron chi connectivity index (χ3n) is 6.11. The number of rotatable bonds is 6. The minimum atomic E-state index is -1.99. The summed E-state index contributed by atoms with van der Waals surface area (Å²) in [5, 5.41) is 11.5. The lowest BCUT2D eigenvalue weighted by Gasteiger charge is -2.45. The lowest BCUT2D eigenvalue weighted by molar-refractivity contribution is -0.144. The van der Waals surface area contributed by atoms with Crippen molar-refractivity contribution in [2.45, 2.75) is 65.0 Å². The molecule has 1 amide bonds. The van der Waals surface area contributed by atoms with Gasteiger partial charge in [0.2, 0.25) is 5.91 Å². The molecule has 0 aliphatic carbocycles. The SMILES string of the molecule is CC(=O)c1ccc(-c2cn([C@H]3NC(=O)[C@@H]3[C@@H](C)O[Si](C)(C)C(C)(C)C)nn2)cc1. The molecular weight excluding hydrogens is 384 g/mol. The zero-order valence-electron chi connectivity index (χ0n) is 18.2. The monoisotopic (exact) mass is 414 g/mol. The molecule has 1 aliphatic heterocycles. The van der Waals surface area contributed by atoms with Gasteiger partial charge in [-0.3, -0.25) is 9.59 Å². The lowest BCUT2D eigenvalue weighted by atomic mass is 9.92. The smallest absolute Gasteiger partial charge is 0.231 e. The maximum atomic E-state index is 12.3. The first-order chi connectivity index (χ1) is 13.4. The molecule has 8 heteroatoms. The molecule has 3 rings (SSSR count). The molecule has 1 N–H and O–H groups in total. The molecule has 156 valence electrons. The number of aromatic nitrogens is 3. The van der Waals surface area contributed by atoms with Crippen molar-refractivity contribution in [2.75, 3.05) is 0 Å². The van der Waals surface area contributed by atoms with Crippen LogP contribution >= 0.6 is 0 Å². The van der Waals surface area contributed by atoms with E-state index in [1.54, 1.807) is 16.8 Å². The predicted octanol–water partition coefficient (Wildman–Crippen LogP) is 3.80. The maximum absolute atomic E-state index is 12.3. The highest BCUT2D eigenvalue weighted by Crippen LogP contribution is 2.40. The average Bonchev–Trinajstić information content (AvgIpc) is 3.07. The molecule has 0 spiro atoms. The van der Waals surface area contributed by atoms with Crippen LogP contribution in [-0.4, -0.2) is 41.1 Å². The highest BCUT2D eigenvalue weighted by molar-refractivity contribution is 6.74. The van der Waals surface area contributed by atoms with E-state index in [9.17, 15) is 9.59 Å². The molecule has 0 saturated carbocycles. The third-order valence-corrected chi connectivity index (χ3v) is 10.7. The minimum absolute atomic E-state index is 0.0240. The molecule has 1 aromatic heterocycles. The number of hydrogen-bond acceptors (Lipinski definition) is 5. The van der Waals surface area contributed by atoms with Crippen molar-refractivity contribution in [1.82, 2.24) is 20.3 Å². The van der Waals surface area contributed by atoms with Crippen LogP contribution in [0.3, 0.4) is 0 Å². The number of benzene rings is 1. The molecule has 2 aromatic rings. The van der Waals surface area contributed by atoms with Crippen molar-refractivity contribution < 1.29 is 14.0 Å². The van der Waals surface area contributed by atoms with Crippen LogP contribution in [0.1, 0.15) is 51.1 Å². The van der Waals surface area contributed by atoms with Crippen LogP contribution in [0.5, 0.6) is 0 Å². The lowest BCUT2D eigenvalue weighted by Crippen LogP contribution is -2.60. The maximum Gasteiger partial charge on any atom is 0.231 e. The molecule has 1 aliphatic rings. The first-order valence-electron chi connectivity index (χ1n) is 9.92. The quantitative estimate of drug-likeness (QED) is 0.441. The van der Waals surface area contributed by atoms with Crippen molar-refractivity contribution in [1.29, 1.82) is 0 Å². The molecule has 0 unspecified atom stereocenters. The minimum Gasteiger partial charge on any atom is -0.413 e. The third kappa shape index (κ3) is 4.18. The Balaban J connectivity index is 1.76. The Hall–Kier alpha value is -2.32. The Kier molecular flexibility index (Phi) is 5.53. The molecule has 1 aromatic carbocycles. The second kappa shape index (κ2) is 7.49. The normalized spacial score (nSPS) is 20.7. The first-order valence-corrected chi connectivity index (χ1v) is 12.8. The van der Waals surface area contributed by atoms with Gasteiger partial charge in [-0.1, -0.05) is 50.3 Å². The number of nitrogens with zero attached hydrogens (tertiary/aromatic N) is 3. The van der Waals surface area contributed by atoms with Gasteiger partial charge < -0.3 is 9.74 Å². The summed E-state index contributed by atoms with van der Waals surface area (Å²) in [5.41, 5.74) is 2.22. The molecule has 1 fully saturated rings. The number of nitrogens with one attached hydrogen (secondary N) is 1. The van der Waals surface area contributed by atoms with Crippen LogP contribution in [0.4, 0.5) is 0 Å². The van der Waals surface area contributed by atoms with E-state index < -0.39 is 8.32 Å². The fourth-order valence-electron chi connectivity index (χ4n) is 3.21.